The van der Waals surface area contributed by atoms with Gasteiger partial charge in [-0.15, -0.1) is 0 Å². The number of hydroxylamine groups is 1. The average Bonchev–Trinajstić information content (AvgIpc) is 2.07. The number of hydrogen-bond donors (Lipinski definition) is 1. The summed E-state index contributed by atoms with van der Waals surface area (Å²) < 4.78 is 0. The molecule has 0 aliphatic heterocycles. The Bertz CT molecular complexity index is 263. The summed E-state index contributed by atoms with van der Waals surface area (Å²) in [6.45, 7) is 2.66. The largest absolute Gasteiger partial charge is 0.305 e. The molecule has 0 saturated heterocycles. The monoisotopic (exact) mass is 185 g/mol. The molecule has 0 atom stereocenters. The summed E-state index contributed by atoms with van der Waals surface area (Å²) in [4.78, 5) is 4.72. The highest BCUT2D eigenvalue weighted by atomic mass is 35.5. The smallest absolute Gasteiger partial charge is 0.0572 e. The second kappa shape index (κ2) is 4.45. The number of nitrogens with one attached hydrogen (secondary N) is 1. The zero-order chi connectivity index (χ0) is 8.97. The number of hydrogen-bond acceptors (Lipinski definition) is 2. The Morgan fingerprint density at radius 1 is 1.50 bits per heavy atom. The van der Waals surface area contributed by atoms with E-state index < -0.39 is 0 Å². The molecule has 2 nitrogen and oxygen atoms in total. The second-order valence-corrected chi connectivity index (χ2v) is 3.02. The Morgan fingerprint density at radius 2 is 2.25 bits per heavy atom. The van der Waals surface area contributed by atoms with E-state index in [-0.39, 0.29) is 0 Å². The molecule has 0 unspecified atom stereocenters. The van der Waals surface area contributed by atoms with Crippen LogP contribution in [0, 0.1) is 6.92 Å². The number of halogens is 1. The van der Waals surface area contributed by atoms with Gasteiger partial charge in [-0.1, -0.05) is 23.7 Å². The molecule has 0 fully saturated rings. The Labute approximate surface area is 77.4 Å². The van der Waals surface area contributed by atoms with Crippen LogP contribution in [0.2, 0.25) is 5.02 Å². The lowest BCUT2D eigenvalue weighted by Gasteiger charge is -2.03. The van der Waals surface area contributed by atoms with Crippen molar-refractivity contribution in [2.24, 2.45) is 0 Å². The second-order valence-electron chi connectivity index (χ2n) is 2.61. The third-order valence-corrected chi connectivity index (χ3v) is 2.06. The molecule has 1 aromatic rings. The first-order valence-electron chi connectivity index (χ1n) is 3.75. The number of rotatable bonds is 3. The molecule has 0 aliphatic rings. The zero-order valence-corrected chi connectivity index (χ0v) is 7.98. The van der Waals surface area contributed by atoms with Crippen LogP contribution in [0.25, 0.3) is 0 Å². The summed E-state index contributed by atoms with van der Waals surface area (Å²) in [5.74, 6) is 0. The lowest BCUT2D eigenvalue weighted by atomic mass is 10.1. The molecule has 0 heterocycles. The molecule has 1 rings (SSSR count). The van der Waals surface area contributed by atoms with E-state index in [1.807, 2.05) is 25.1 Å². The van der Waals surface area contributed by atoms with Crippen LogP contribution in [0.3, 0.4) is 0 Å². The van der Waals surface area contributed by atoms with Crippen LogP contribution in [-0.4, -0.2) is 7.11 Å². The van der Waals surface area contributed by atoms with Crippen LogP contribution in [0.5, 0.6) is 0 Å². The van der Waals surface area contributed by atoms with Gasteiger partial charge < -0.3 is 4.84 Å². The van der Waals surface area contributed by atoms with Gasteiger partial charge in [0.25, 0.3) is 0 Å². The first-order valence-corrected chi connectivity index (χ1v) is 4.12. The van der Waals surface area contributed by atoms with Crippen LogP contribution in [0.1, 0.15) is 11.1 Å². The van der Waals surface area contributed by atoms with Crippen molar-refractivity contribution < 1.29 is 4.84 Å². The normalized spacial score (nSPS) is 10.2. The summed E-state index contributed by atoms with van der Waals surface area (Å²) in [7, 11) is 1.59. The molecule has 0 amide bonds. The molecule has 0 aliphatic carbocycles. The summed E-state index contributed by atoms with van der Waals surface area (Å²) in [6, 6.07) is 5.95. The molecule has 66 valence electrons. The molecule has 0 spiro atoms. The van der Waals surface area contributed by atoms with E-state index in [2.05, 4.69) is 5.48 Å². The molecule has 0 radical (unpaired) electrons. The fourth-order valence-electron chi connectivity index (χ4n) is 0.902. The van der Waals surface area contributed by atoms with Crippen molar-refractivity contribution in [1.29, 1.82) is 0 Å². The van der Waals surface area contributed by atoms with Crippen molar-refractivity contribution >= 4 is 11.6 Å². The summed E-state index contributed by atoms with van der Waals surface area (Å²) in [5, 5.41) is 0.797. The predicted molar refractivity (Wildman–Crippen MR) is 50.0 cm³/mol. The number of aryl methyl sites for hydroxylation is 1. The summed E-state index contributed by atoms with van der Waals surface area (Å²) in [6.07, 6.45) is 0. The molecule has 0 bridgehead atoms. The Kier molecular flexibility index (Phi) is 3.53. The molecule has 0 saturated carbocycles. The van der Waals surface area contributed by atoms with E-state index in [9.17, 15) is 0 Å². The van der Waals surface area contributed by atoms with E-state index in [1.165, 1.54) is 0 Å². The van der Waals surface area contributed by atoms with Crippen molar-refractivity contribution in [3.8, 4) is 0 Å². The first-order chi connectivity index (χ1) is 5.74. The third kappa shape index (κ3) is 2.48. The van der Waals surface area contributed by atoms with Crippen molar-refractivity contribution in [2.45, 2.75) is 13.5 Å². The maximum absolute atomic E-state index is 5.92. The molecule has 0 aromatic heterocycles. The third-order valence-electron chi connectivity index (χ3n) is 1.66. The standard InChI is InChI=1S/C9H12ClNO/c1-7-3-4-8(5-9(7)10)6-11-12-2/h3-5,11H,6H2,1-2H3. The lowest BCUT2D eigenvalue weighted by molar-refractivity contribution is 0.0867. The Morgan fingerprint density at radius 3 is 2.83 bits per heavy atom. The van der Waals surface area contributed by atoms with E-state index in [0.717, 1.165) is 16.1 Å². The van der Waals surface area contributed by atoms with Crippen molar-refractivity contribution in [1.82, 2.24) is 5.48 Å². The van der Waals surface area contributed by atoms with Gasteiger partial charge in [0.15, 0.2) is 0 Å². The SMILES string of the molecule is CONCc1ccc(C)c(Cl)c1. The molecule has 12 heavy (non-hydrogen) atoms. The molecule has 1 aromatic carbocycles. The maximum Gasteiger partial charge on any atom is 0.0572 e. The highest BCUT2D eigenvalue weighted by molar-refractivity contribution is 6.31. The van der Waals surface area contributed by atoms with Crippen LogP contribution >= 0.6 is 11.6 Å². The molecular weight excluding hydrogens is 174 g/mol. The van der Waals surface area contributed by atoms with Gasteiger partial charge in [0, 0.05) is 11.6 Å². The fourth-order valence-corrected chi connectivity index (χ4v) is 1.10. The number of benzene rings is 1. The van der Waals surface area contributed by atoms with Crippen LogP contribution < -0.4 is 5.48 Å². The Hall–Kier alpha value is -0.570. The fraction of sp³-hybridized carbons (Fsp3) is 0.333. The summed E-state index contributed by atoms with van der Waals surface area (Å²) in [5.41, 5.74) is 4.97. The minimum atomic E-state index is 0.677. The van der Waals surface area contributed by atoms with Crippen molar-refractivity contribution in [2.75, 3.05) is 7.11 Å². The van der Waals surface area contributed by atoms with Crippen LogP contribution in [-0.2, 0) is 11.4 Å². The molecule has 1 N–H and O–H groups in total. The van der Waals surface area contributed by atoms with Gasteiger partial charge in [-0.3, -0.25) is 0 Å². The van der Waals surface area contributed by atoms with Crippen molar-refractivity contribution in [3.63, 3.8) is 0 Å². The van der Waals surface area contributed by atoms with E-state index in [0.29, 0.717) is 6.54 Å². The van der Waals surface area contributed by atoms with Gasteiger partial charge >= 0.3 is 0 Å². The van der Waals surface area contributed by atoms with Crippen LogP contribution in [0.4, 0.5) is 0 Å². The van der Waals surface area contributed by atoms with Gasteiger partial charge in [0.2, 0.25) is 0 Å². The van der Waals surface area contributed by atoms with Crippen molar-refractivity contribution in [3.05, 3.63) is 34.3 Å². The first kappa shape index (κ1) is 9.52. The van der Waals surface area contributed by atoms with Gasteiger partial charge in [0.05, 0.1) is 7.11 Å². The van der Waals surface area contributed by atoms with E-state index >= 15 is 0 Å². The van der Waals surface area contributed by atoms with Gasteiger partial charge in [0.1, 0.15) is 0 Å². The maximum atomic E-state index is 5.92. The van der Waals surface area contributed by atoms with Gasteiger partial charge in [-0.25, -0.2) is 0 Å². The Balaban J connectivity index is 2.69. The van der Waals surface area contributed by atoms with E-state index in [1.54, 1.807) is 7.11 Å². The highest BCUT2D eigenvalue weighted by Gasteiger charge is 1.96. The minimum absolute atomic E-state index is 0.677. The molecule has 3 heteroatoms. The van der Waals surface area contributed by atoms with Crippen LogP contribution in [0.15, 0.2) is 18.2 Å². The minimum Gasteiger partial charge on any atom is -0.305 e. The quantitative estimate of drug-likeness (QED) is 0.730. The zero-order valence-electron chi connectivity index (χ0n) is 7.23. The van der Waals surface area contributed by atoms with E-state index in [4.69, 9.17) is 16.4 Å². The lowest BCUT2D eigenvalue weighted by Crippen LogP contribution is -2.10. The molecular formula is C9H12ClNO. The predicted octanol–water partition coefficient (Wildman–Crippen LogP) is 2.30. The topological polar surface area (TPSA) is 21.3 Å². The van der Waals surface area contributed by atoms with Gasteiger partial charge in [-0.2, -0.15) is 5.48 Å². The summed E-state index contributed by atoms with van der Waals surface area (Å²) >= 11 is 5.92. The highest BCUT2D eigenvalue weighted by Crippen LogP contribution is 2.16. The van der Waals surface area contributed by atoms with Gasteiger partial charge in [-0.05, 0) is 24.1 Å². The average molecular weight is 186 g/mol.